The maximum Gasteiger partial charge on any atom is 0.246 e. The minimum Gasteiger partial charge on any atom is -0.504 e. The van der Waals surface area contributed by atoms with Crippen molar-refractivity contribution in [3.63, 3.8) is 0 Å². The maximum atomic E-state index is 10.7. The number of hydrogen-bond acceptors (Lipinski definition) is 3. The molecule has 0 radical (unpaired) electrons. The number of hydrogen-bond donors (Lipinski definition) is 1. The Labute approximate surface area is 134 Å². The summed E-state index contributed by atoms with van der Waals surface area (Å²) in [5, 5.41) is 10.7. The molecule has 1 aliphatic heterocycles. The Morgan fingerprint density at radius 2 is 1.86 bits per heavy atom. The van der Waals surface area contributed by atoms with Crippen LogP contribution in [0.5, 0.6) is 17.2 Å². The number of aryl methyl sites for hydroxylation is 1. The van der Waals surface area contributed by atoms with Gasteiger partial charge in [-0.3, -0.25) is 0 Å². The molecule has 0 atom stereocenters. The zero-order valence-electron chi connectivity index (χ0n) is 14.7. The third kappa shape index (κ3) is 3.88. The molecule has 22 heavy (non-hydrogen) atoms. The van der Waals surface area contributed by atoms with Gasteiger partial charge < -0.3 is 14.6 Å². The summed E-state index contributed by atoms with van der Waals surface area (Å²) in [5.74, 6) is 1.53. The minimum atomic E-state index is -0.695. The molecular formula is C19H30O3. The number of phenolic OH excluding ortho intramolecular Hbond substituents is 1. The van der Waals surface area contributed by atoms with Crippen LogP contribution in [-0.2, 0) is 12.8 Å². The van der Waals surface area contributed by atoms with E-state index in [1.807, 2.05) is 13.8 Å². The van der Waals surface area contributed by atoms with Gasteiger partial charge in [0.2, 0.25) is 11.5 Å². The quantitative estimate of drug-likeness (QED) is 0.702. The topological polar surface area (TPSA) is 38.7 Å². The molecule has 0 saturated carbocycles. The van der Waals surface area contributed by atoms with Gasteiger partial charge in [0.05, 0.1) is 0 Å². The number of fused-ring (bicyclic) bond motifs is 1. The van der Waals surface area contributed by atoms with Gasteiger partial charge in [-0.25, -0.2) is 0 Å². The van der Waals surface area contributed by atoms with Crippen molar-refractivity contribution in [1.29, 1.82) is 0 Å². The predicted molar refractivity (Wildman–Crippen MR) is 89.8 cm³/mol. The SMILES string of the molecule is CCCc1cc2c(c(O)c1CCCCC(C)C)OC(C)(C)O2. The molecule has 0 amide bonds. The number of rotatable bonds is 7. The molecule has 0 spiro atoms. The summed E-state index contributed by atoms with van der Waals surface area (Å²) in [5.41, 5.74) is 2.25. The van der Waals surface area contributed by atoms with E-state index in [0.29, 0.717) is 11.5 Å². The summed E-state index contributed by atoms with van der Waals surface area (Å²) < 4.78 is 11.6. The van der Waals surface area contributed by atoms with Crippen molar-refractivity contribution in [2.24, 2.45) is 5.92 Å². The van der Waals surface area contributed by atoms with E-state index >= 15 is 0 Å². The minimum absolute atomic E-state index is 0.288. The average molecular weight is 306 g/mol. The van der Waals surface area contributed by atoms with Crippen molar-refractivity contribution in [1.82, 2.24) is 0 Å². The lowest BCUT2D eigenvalue weighted by molar-refractivity contribution is -0.0440. The van der Waals surface area contributed by atoms with Crippen molar-refractivity contribution < 1.29 is 14.6 Å². The van der Waals surface area contributed by atoms with Crippen LogP contribution in [0.3, 0.4) is 0 Å². The third-order valence-corrected chi connectivity index (χ3v) is 4.10. The molecule has 0 aliphatic carbocycles. The Balaban J connectivity index is 2.20. The van der Waals surface area contributed by atoms with Crippen molar-refractivity contribution in [2.45, 2.75) is 78.9 Å². The van der Waals surface area contributed by atoms with Gasteiger partial charge in [-0.2, -0.15) is 0 Å². The van der Waals surface area contributed by atoms with Crippen molar-refractivity contribution >= 4 is 0 Å². The monoisotopic (exact) mass is 306 g/mol. The van der Waals surface area contributed by atoms with Gasteiger partial charge in [0, 0.05) is 19.4 Å². The van der Waals surface area contributed by atoms with Gasteiger partial charge in [0.25, 0.3) is 0 Å². The van der Waals surface area contributed by atoms with Crippen LogP contribution in [0.4, 0.5) is 0 Å². The van der Waals surface area contributed by atoms with Crippen molar-refractivity contribution in [3.8, 4) is 17.2 Å². The molecule has 1 N–H and O–H groups in total. The van der Waals surface area contributed by atoms with Crippen LogP contribution in [-0.4, -0.2) is 10.9 Å². The smallest absolute Gasteiger partial charge is 0.246 e. The number of phenols is 1. The van der Waals surface area contributed by atoms with Crippen LogP contribution >= 0.6 is 0 Å². The second-order valence-corrected chi connectivity index (χ2v) is 7.18. The fourth-order valence-corrected chi connectivity index (χ4v) is 3.05. The Bertz CT molecular complexity index is 518. The second-order valence-electron chi connectivity index (χ2n) is 7.18. The van der Waals surface area contributed by atoms with E-state index in [1.165, 1.54) is 18.4 Å². The summed E-state index contributed by atoms with van der Waals surface area (Å²) in [6.07, 6.45) is 6.46. The van der Waals surface area contributed by atoms with E-state index in [4.69, 9.17) is 9.47 Å². The first-order valence-corrected chi connectivity index (χ1v) is 8.59. The third-order valence-electron chi connectivity index (χ3n) is 4.10. The Kier molecular flexibility index (Phi) is 5.25. The summed E-state index contributed by atoms with van der Waals surface area (Å²) in [6.45, 7) is 10.4. The fourth-order valence-electron chi connectivity index (χ4n) is 3.05. The molecule has 0 bridgehead atoms. The van der Waals surface area contributed by atoms with Crippen LogP contribution in [0.15, 0.2) is 6.07 Å². The fraction of sp³-hybridized carbons (Fsp3) is 0.684. The molecule has 0 fully saturated rings. The molecule has 0 saturated heterocycles. The molecular weight excluding hydrogens is 276 g/mol. The summed E-state index contributed by atoms with van der Waals surface area (Å²) in [4.78, 5) is 0. The molecule has 3 heteroatoms. The highest BCUT2D eigenvalue weighted by molar-refractivity contribution is 5.60. The van der Waals surface area contributed by atoms with Gasteiger partial charge in [-0.1, -0.05) is 40.0 Å². The Hall–Kier alpha value is -1.38. The summed E-state index contributed by atoms with van der Waals surface area (Å²) >= 11 is 0. The predicted octanol–water partition coefficient (Wildman–Crippen LogP) is 5.22. The van der Waals surface area contributed by atoms with Crippen molar-refractivity contribution in [2.75, 3.05) is 0 Å². The Morgan fingerprint density at radius 1 is 1.14 bits per heavy atom. The van der Waals surface area contributed by atoms with E-state index in [9.17, 15) is 5.11 Å². The van der Waals surface area contributed by atoms with E-state index in [-0.39, 0.29) is 5.75 Å². The summed E-state index contributed by atoms with van der Waals surface area (Å²) in [6, 6.07) is 2.06. The van der Waals surface area contributed by atoms with Crippen molar-refractivity contribution in [3.05, 3.63) is 17.2 Å². The number of benzene rings is 1. The average Bonchev–Trinajstić information content (AvgIpc) is 2.72. The van der Waals surface area contributed by atoms with Gasteiger partial charge in [0.1, 0.15) is 0 Å². The molecule has 2 rings (SSSR count). The largest absolute Gasteiger partial charge is 0.504 e. The molecule has 1 aromatic carbocycles. The van der Waals surface area contributed by atoms with Gasteiger partial charge in [-0.05, 0) is 36.8 Å². The highest BCUT2D eigenvalue weighted by Gasteiger charge is 2.35. The number of unbranched alkanes of at least 4 members (excludes halogenated alkanes) is 1. The molecule has 0 unspecified atom stereocenters. The normalized spacial score (nSPS) is 15.5. The standard InChI is InChI=1S/C19H30O3/c1-6-9-14-12-16-18(22-19(4,5)21-16)17(20)15(14)11-8-7-10-13(2)3/h12-13,20H,6-11H2,1-5H3. The van der Waals surface area contributed by atoms with Crippen LogP contribution < -0.4 is 9.47 Å². The van der Waals surface area contributed by atoms with Crippen LogP contribution in [0.2, 0.25) is 0 Å². The van der Waals surface area contributed by atoms with Crippen LogP contribution in [0.25, 0.3) is 0 Å². The second kappa shape index (κ2) is 6.80. The van der Waals surface area contributed by atoms with E-state index in [1.54, 1.807) is 0 Å². The highest BCUT2D eigenvalue weighted by Crippen LogP contribution is 2.49. The molecule has 1 aliphatic rings. The molecule has 1 aromatic rings. The first kappa shape index (κ1) is 17.0. The Morgan fingerprint density at radius 3 is 2.50 bits per heavy atom. The zero-order valence-corrected chi connectivity index (χ0v) is 14.7. The number of aromatic hydroxyl groups is 1. The van der Waals surface area contributed by atoms with E-state index in [0.717, 1.165) is 37.2 Å². The molecule has 0 aromatic heterocycles. The highest BCUT2D eigenvalue weighted by atomic mass is 16.7. The maximum absolute atomic E-state index is 10.7. The van der Waals surface area contributed by atoms with Crippen LogP contribution in [0, 0.1) is 5.92 Å². The van der Waals surface area contributed by atoms with Gasteiger partial charge >= 0.3 is 0 Å². The first-order chi connectivity index (χ1) is 10.3. The lowest BCUT2D eigenvalue weighted by Gasteiger charge is -2.16. The molecule has 1 heterocycles. The first-order valence-electron chi connectivity index (χ1n) is 8.59. The zero-order chi connectivity index (χ0) is 16.3. The lowest BCUT2D eigenvalue weighted by atomic mass is 9.95. The molecule has 3 nitrogen and oxygen atoms in total. The van der Waals surface area contributed by atoms with Gasteiger partial charge in [-0.15, -0.1) is 0 Å². The van der Waals surface area contributed by atoms with E-state index in [2.05, 4.69) is 26.8 Å². The molecule has 124 valence electrons. The van der Waals surface area contributed by atoms with Crippen LogP contribution in [0.1, 0.15) is 71.4 Å². The van der Waals surface area contributed by atoms with Gasteiger partial charge in [0.15, 0.2) is 11.5 Å². The number of ether oxygens (including phenoxy) is 2. The summed E-state index contributed by atoms with van der Waals surface area (Å²) in [7, 11) is 0. The van der Waals surface area contributed by atoms with E-state index < -0.39 is 5.79 Å². The lowest BCUT2D eigenvalue weighted by Crippen LogP contribution is -2.29.